The second-order valence-corrected chi connectivity index (χ2v) is 7.31. The van der Waals surface area contributed by atoms with Crippen molar-refractivity contribution in [1.29, 1.82) is 5.26 Å². The zero-order chi connectivity index (χ0) is 17.1. The average molecular weight is 335 g/mol. The molecule has 0 atom stereocenters. The van der Waals surface area contributed by atoms with Crippen LogP contribution < -0.4 is 5.32 Å². The third-order valence-electron chi connectivity index (χ3n) is 5.71. The first-order valence-electron chi connectivity index (χ1n) is 9.49. The summed E-state index contributed by atoms with van der Waals surface area (Å²) in [6, 6.07) is 9.03. The van der Waals surface area contributed by atoms with E-state index in [2.05, 4.69) is 26.3 Å². The number of anilines is 1. The van der Waals surface area contributed by atoms with E-state index >= 15 is 0 Å². The van der Waals surface area contributed by atoms with Crippen LogP contribution in [0.5, 0.6) is 0 Å². The molecule has 1 saturated carbocycles. The molecule has 0 bridgehead atoms. The summed E-state index contributed by atoms with van der Waals surface area (Å²) in [5.74, 6) is 0.864. The lowest BCUT2D eigenvalue weighted by Gasteiger charge is -2.39. The normalized spacial score (nSPS) is 24.8. The van der Waals surface area contributed by atoms with E-state index < -0.39 is 0 Å². The van der Waals surface area contributed by atoms with Gasteiger partial charge in [0.25, 0.3) is 0 Å². The van der Waals surface area contributed by atoms with Crippen LogP contribution >= 0.6 is 0 Å². The summed E-state index contributed by atoms with van der Waals surface area (Å²) in [4.78, 5) is 11.5. The summed E-state index contributed by atoms with van der Waals surface area (Å²) in [5.41, 5.74) is 1.54. The molecule has 1 aromatic heterocycles. The van der Waals surface area contributed by atoms with Crippen LogP contribution in [0.2, 0.25) is 0 Å². The van der Waals surface area contributed by atoms with Crippen LogP contribution in [0.25, 0.3) is 10.9 Å². The van der Waals surface area contributed by atoms with E-state index in [0.717, 1.165) is 22.8 Å². The fraction of sp³-hybridized carbons (Fsp3) is 0.550. The molecule has 2 aromatic rings. The number of aromatic nitrogens is 2. The van der Waals surface area contributed by atoms with Gasteiger partial charge in [0.05, 0.1) is 17.1 Å². The highest BCUT2D eigenvalue weighted by Gasteiger charge is 2.27. The Balaban J connectivity index is 1.43. The van der Waals surface area contributed by atoms with Crippen LogP contribution in [0.1, 0.15) is 50.5 Å². The van der Waals surface area contributed by atoms with Crippen molar-refractivity contribution in [2.24, 2.45) is 0 Å². The van der Waals surface area contributed by atoms with Crippen molar-refractivity contribution in [3.63, 3.8) is 0 Å². The first-order chi connectivity index (χ1) is 12.3. The van der Waals surface area contributed by atoms with Gasteiger partial charge in [-0.1, -0.05) is 6.42 Å². The molecule has 1 N–H and O–H groups in total. The number of piperidine rings is 1. The van der Waals surface area contributed by atoms with E-state index in [9.17, 15) is 0 Å². The van der Waals surface area contributed by atoms with Gasteiger partial charge in [-0.15, -0.1) is 0 Å². The third kappa shape index (κ3) is 3.59. The molecule has 1 aliphatic carbocycles. The molecular formula is C20H25N5. The van der Waals surface area contributed by atoms with Gasteiger partial charge in [0, 0.05) is 17.5 Å². The molecule has 2 heterocycles. The molecule has 2 fully saturated rings. The number of nitrogens with zero attached hydrogens (tertiary/aromatic N) is 4. The molecule has 2 aliphatic rings. The summed E-state index contributed by atoms with van der Waals surface area (Å²) in [7, 11) is 0. The van der Waals surface area contributed by atoms with Gasteiger partial charge < -0.3 is 10.2 Å². The molecule has 5 nitrogen and oxygen atoms in total. The maximum atomic E-state index is 9.15. The summed E-state index contributed by atoms with van der Waals surface area (Å²) in [6.45, 7) is 2.58. The van der Waals surface area contributed by atoms with Crippen molar-refractivity contribution in [2.75, 3.05) is 18.4 Å². The van der Waals surface area contributed by atoms with Crippen molar-refractivity contribution < 1.29 is 0 Å². The van der Waals surface area contributed by atoms with E-state index in [0.29, 0.717) is 11.6 Å². The van der Waals surface area contributed by atoms with Gasteiger partial charge in [-0.25, -0.2) is 9.97 Å². The largest absolute Gasteiger partial charge is 0.367 e. The first-order valence-corrected chi connectivity index (χ1v) is 9.49. The maximum Gasteiger partial charge on any atom is 0.137 e. The Morgan fingerprint density at radius 3 is 2.60 bits per heavy atom. The number of fused-ring (bicyclic) bond motifs is 1. The molecule has 25 heavy (non-hydrogen) atoms. The Labute approximate surface area is 149 Å². The van der Waals surface area contributed by atoms with Gasteiger partial charge in [0.15, 0.2) is 0 Å². The third-order valence-corrected chi connectivity index (χ3v) is 5.71. The van der Waals surface area contributed by atoms with Crippen molar-refractivity contribution in [3.8, 4) is 6.07 Å². The van der Waals surface area contributed by atoms with Crippen LogP contribution in [0.4, 0.5) is 5.82 Å². The summed E-state index contributed by atoms with van der Waals surface area (Å²) in [5, 5.41) is 13.7. The van der Waals surface area contributed by atoms with Crippen LogP contribution in [0.3, 0.4) is 0 Å². The number of nitriles is 1. The predicted molar refractivity (Wildman–Crippen MR) is 99.3 cm³/mol. The molecule has 0 unspecified atom stereocenters. The van der Waals surface area contributed by atoms with E-state index in [1.807, 2.05) is 18.2 Å². The highest BCUT2D eigenvalue weighted by Crippen LogP contribution is 2.29. The highest BCUT2D eigenvalue weighted by atomic mass is 15.2. The van der Waals surface area contributed by atoms with E-state index in [-0.39, 0.29) is 0 Å². The molecule has 0 spiro atoms. The van der Waals surface area contributed by atoms with E-state index in [1.165, 1.54) is 58.0 Å². The van der Waals surface area contributed by atoms with Crippen LogP contribution in [-0.2, 0) is 0 Å². The minimum atomic E-state index is 0.463. The van der Waals surface area contributed by atoms with Gasteiger partial charge in [-0.05, 0) is 69.8 Å². The second-order valence-electron chi connectivity index (χ2n) is 7.31. The van der Waals surface area contributed by atoms with Gasteiger partial charge in [0.1, 0.15) is 12.1 Å². The van der Waals surface area contributed by atoms with E-state index in [4.69, 9.17) is 5.26 Å². The Morgan fingerprint density at radius 1 is 1.04 bits per heavy atom. The fourth-order valence-electron chi connectivity index (χ4n) is 4.30. The van der Waals surface area contributed by atoms with E-state index in [1.54, 1.807) is 6.33 Å². The van der Waals surface area contributed by atoms with Crippen molar-refractivity contribution in [3.05, 3.63) is 30.1 Å². The van der Waals surface area contributed by atoms with Crippen molar-refractivity contribution in [2.45, 2.75) is 57.0 Å². The molecule has 1 aliphatic heterocycles. The fourth-order valence-corrected chi connectivity index (χ4v) is 4.30. The number of likely N-dealkylation sites (tertiary alicyclic amines) is 1. The van der Waals surface area contributed by atoms with Gasteiger partial charge >= 0.3 is 0 Å². The maximum absolute atomic E-state index is 9.15. The number of rotatable bonds is 3. The quantitative estimate of drug-likeness (QED) is 0.926. The SMILES string of the molecule is N#Cc1ccc2ncnc(NC3CCC(N4CCCCC4)CC3)c2c1. The monoisotopic (exact) mass is 335 g/mol. The summed E-state index contributed by atoms with van der Waals surface area (Å²) in [6.07, 6.45) is 10.6. The van der Waals surface area contributed by atoms with Crippen molar-refractivity contribution >= 4 is 16.7 Å². The van der Waals surface area contributed by atoms with Gasteiger partial charge in [-0.2, -0.15) is 5.26 Å². The zero-order valence-corrected chi connectivity index (χ0v) is 14.6. The number of benzene rings is 1. The van der Waals surface area contributed by atoms with Gasteiger partial charge in [0.2, 0.25) is 0 Å². The molecule has 130 valence electrons. The van der Waals surface area contributed by atoms with Gasteiger partial charge in [-0.3, -0.25) is 0 Å². The Kier molecular flexibility index (Phi) is 4.80. The average Bonchev–Trinajstić information content (AvgIpc) is 2.69. The zero-order valence-electron chi connectivity index (χ0n) is 14.6. The summed E-state index contributed by atoms with van der Waals surface area (Å²) < 4.78 is 0. The smallest absolute Gasteiger partial charge is 0.137 e. The molecule has 0 amide bonds. The lowest BCUT2D eigenvalue weighted by molar-refractivity contribution is 0.127. The van der Waals surface area contributed by atoms with Crippen LogP contribution in [0.15, 0.2) is 24.5 Å². The number of hydrogen-bond acceptors (Lipinski definition) is 5. The predicted octanol–water partition coefficient (Wildman–Crippen LogP) is 3.71. The minimum absolute atomic E-state index is 0.463. The van der Waals surface area contributed by atoms with Crippen molar-refractivity contribution in [1.82, 2.24) is 14.9 Å². The topological polar surface area (TPSA) is 64.8 Å². The molecule has 1 saturated heterocycles. The summed E-state index contributed by atoms with van der Waals surface area (Å²) >= 11 is 0. The second kappa shape index (κ2) is 7.37. The highest BCUT2D eigenvalue weighted by molar-refractivity contribution is 5.89. The molecule has 0 radical (unpaired) electrons. The van der Waals surface area contributed by atoms with Crippen LogP contribution in [0, 0.1) is 11.3 Å². The van der Waals surface area contributed by atoms with Crippen LogP contribution in [-0.4, -0.2) is 40.0 Å². The molecule has 4 rings (SSSR count). The minimum Gasteiger partial charge on any atom is -0.367 e. The standard InChI is InChI=1S/C20H25N5/c21-13-15-4-9-19-18(12-15)20(23-14-22-19)24-16-5-7-17(8-6-16)25-10-2-1-3-11-25/h4,9,12,14,16-17H,1-3,5-8,10-11H2,(H,22,23,24). The Bertz CT molecular complexity index is 767. The lowest BCUT2D eigenvalue weighted by atomic mass is 9.89. The Morgan fingerprint density at radius 2 is 1.84 bits per heavy atom. The lowest BCUT2D eigenvalue weighted by Crippen LogP contribution is -2.43. The molecular weight excluding hydrogens is 310 g/mol. The number of nitrogens with one attached hydrogen (secondary N) is 1. The molecule has 1 aromatic carbocycles. The first kappa shape index (κ1) is 16.3. The molecule has 5 heteroatoms. The Hall–Kier alpha value is -2.19. The number of hydrogen-bond donors (Lipinski definition) is 1.